The van der Waals surface area contributed by atoms with Gasteiger partial charge in [-0.2, -0.15) is 0 Å². The molecule has 7 heteroatoms. The quantitative estimate of drug-likeness (QED) is 0.689. The Morgan fingerprint density at radius 3 is 2.35 bits per heavy atom. The Labute approximate surface area is 165 Å². The highest BCUT2D eigenvalue weighted by Gasteiger charge is 2.18. The smallest absolute Gasteiger partial charge is 0.262 e. The van der Waals surface area contributed by atoms with Crippen molar-refractivity contribution in [3.8, 4) is 5.75 Å². The highest BCUT2D eigenvalue weighted by molar-refractivity contribution is 14.1. The molecule has 3 rings (SSSR count). The van der Waals surface area contributed by atoms with Gasteiger partial charge in [0.1, 0.15) is 5.75 Å². The molecule has 2 aromatic rings. The molecule has 0 unspecified atom stereocenters. The molecule has 1 aliphatic heterocycles. The van der Waals surface area contributed by atoms with Gasteiger partial charge in [-0.15, -0.1) is 0 Å². The average Bonchev–Trinajstić information content (AvgIpc) is 2.69. The van der Waals surface area contributed by atoms with E-state index < -0.39 is 0 Å². The molecule has 0 spiro atoms. The standard InChI is InChI=1S/C19H19IN2O4/c20-15-3-5-16(6-4-15)21-18(23)13-26-17-7-1-14(2-8-17)19(24)22-9-11-25-12-10-22/h1-8H,9-13H2,(H,21,23). The fourth-order valence-corrected chi connectivity index (χ4v) is 2.88. The van der Waals surface area contributed by atoms with Crippen molar-refractivity contribution in [1.82, 2.24) is 4.90 Å². The third-order valence-electron chi connectivity index (χ3n) is 3.90. The lowest BCUT2D eigenvalue weighted by Gasteiger charge is -2.26. The molecule has 6 nitrogen and oxygen atoms in total. The predicted molar refractivity (Wildman–Crippen MR) is 106 cm³/mol. The van der Waals surface area contributed by atoms with Crippen LogP contribution in [0.1, 0.15) is 10.4 Å². The van der Waals surface area contributed by atoms with Gasteiger partial charge in [0.15, 0.2) is 6.61 Å². The molecule has 0 aromatic heterocycles. The molecule has 1 fully saturated rings. The van der Waals surface area contributed by atoms with Gasteiger partial charge in [0, 0.05) is 27.9 Å². The molecule has 26 heavy (non-hydrogen) atoms. The first kappa shape index (κ1) is 18.7. The van der Waals surface area contributed by atoms with Gasteiger partial charge >= 0.3 is 0 Å². The van der Waals surface area contributed by atoms with Crippen molar-refractivity contribution in [1.29, 1.82) is 0 Å². The van der Waals surface area contributed by atoms with E-state index in [0.29, 0.717) is 37.6 Å². The average molecular weight is 466 g/mol. The molecule has 0 aliphatic carbocycles. The van der Waals surface area contributed by atoms with Crippen LogP contribution in [-0.4, -0.2) is 49.6 Å². The number of hydrogen-bond acceptors (Lipinski definition) is 4. The van der Waals surface area contributed by atoms with Crippen molar-refractivity contribution in [2.45, 2.75) is 0 Å². The summed E-state index contributed by atoms with van der Waals surface area (Å²) in [6.45, 7) is 2.26. The van der Waals surface area contributed by atoms with E-state index in [0.717, 1.165) is 9.26 Å². The van der Waals surface area contributed by atoms with Crippen molar-refractivity contribution in [2.75, 3.05) is 38.2 Å². The molecule has 0 radical (unpaired) electrons. The number of rotatable bonds is 5. The van der Waals surface area contributed by atoms with Gasteiger partial charge in [0.2, 0.25) is 0 Å². The summed E-state index contributed by atoms with van der Waals surface area (Å²) < 4.78 is 11.8. The van der Waals surface area contributed by atoms with Crippen LogP contribution in [-0.2, 0) is 9.53 Å². The van der Waals surface area contributed by atoms with Crippen molar-refractivity contribution in [2.24, 2.45) is 0 Å². The largest absolute Gasteiger partial charge is 0.484 e. The number of carbonyl (C=O) groups excluding carboxylic acids is 2. The summed E-state index contributed by atoms with van der Waals surface area (Å²) in [5.74, 6) is 0.289. The molecule has 0 atom stereocenters. The Morgan fingerprint density at radius 2 is 1.69 bits per heavy atom. The molecule has 136 valence electrons. The molecule has 1 heterocycles. The number of anilines is 1. The van der Waals surface area contributed by atoms with E-state index in [1.807, 2.05) is 24.3 Å². The molecule has 1 saturated heterocycles. The number of nitrogens with zero attached hydrogens (tertiary/aromatic N) is 1. The second-order valence-electron chi connectivity index (χ2n) is 5.77. The van der Waals surface area contributed by atoms with E-state index in [1.54, 1.807) is 29.2 Å². The predicted octanol–water partition coefficient (Wildman–Crippen LogP) is 2.78. The second kappa shape index (κ2) is 9.00. The monoisotopic (exact) mass is 466 g/mol. The number of halogens is 1. The van der Waals surface area contributed by atoms with Crippen molar-refractivity contribution in [3.05, 3.63) is 57.7 Å². The van der Waals surface area contributed by atoms with Crippen LogP contribution in [0.4, 0.5) is 5.69 Å². The van der Waals surface area contributed by atoms with Crippen LogP contribution in [0.3, 0.4) is 0 Å². The maximum absolute atomic E-state index is 12.4. The van der Waals surface area contributed by atoms with Crippen LogP contribution >= 0.6 is 22.6 Å². The number of morpholine rings is 1. The summed E-state index contributed by atoms with van der Waals surface area (Å²) in [5.41, 5.74) is 1.33. The van der Waals surface area contributed by atoms with Crippen LogP contribution in [0.25, 0.3) is 0 Å². The molecule has 2 amide bonds. The Bertz CT molecular complexity index is 756. The fourth-order valence-electron chi connectivity index (χ4n) is 2.52. The van der Waals surface area contributed by atoms with E-state index in [9.17, 15) is 9.59 Å². The Hall–Kier alpha value is -2.13. The van der Waals surface area contributed by atoms with Crippen molar-refractivity contribution < 1.29 is 19.1 Å². The van der Waals surface area contributed by atoms with Crippen molar-refractivity contribution >= 4 is 40.1 Å². The van der Waals surface area contributed by atoms with E-state index in [-0.39, 0.29) is 18.4 Å². The highest BCUT2D eigenvalue weighted by atomic mass is 127. The first-order valence-electron chi connectivity index (χ1n) is 8.27. The molecule has 1 N–H and O–H groups in total. The van der Waals surface area contributed by atoms with Crippen LogP contribution in [0, 0.1) is 3.57 Å². The summed E-state index contributed by atoms with van der Waals surface area (Å²) in [6, 6.07) is 14.3. The zero-order valence-electron chi connectivity index (χ0n) is 14.1. The minimum absolute atomic E-state index is 0.0173. The first-order chi connectivity index (χ1) is 12.6. The Morgan fingerprint density at radius 1 is 1.04 bits per heavy atom. The molecule has 2 aromatic carbocycles. The minimum atomic E-state index is -0.236. The molecule has 1 aliphatic rings. The van der Waals surface area contributed by atoms with Crippen LogP contribution in [0.5, 0.6) is 5.75 Å². The van der Waals surface area contributed by atoms with E-state index in [2.05, 4.69) is 27.9 Å². The SMILES string of the molecule is O=C(COc1ccc(C(=O)N2CCOCC2)cc1)Nc1ccc(I)cc1. The van der Waals surface area contributed by atoms with E-state index in [4.69, 9.17) is 9.47 Å². The highest BCUT2D eigenvalue weighted by Crippen LogP contribution is 2.15. The second-order valence-corrected chi connectivity index (χ2v) is 7.02. The van der Waals surface area contributed by atoms with Crippen LogP contribution in [0.2, 0.25) is 0 Å². The topological polar surface area (TPSA) is 67.9 Å². The summed E-state index contributed by atoms with van der Waals surface area (Å²) >= 11 is 2.21. The number of amides is 2. The summed E-state index contributed by atoms with van der Waals surface area (Å²) in [5, 5.41) is 2.77. The maximum Gasteiger partial charge on any atom is 0.262 e. The van der Waals surface area contributed by atoms with E-state index >= 15 is 0 Å². The van der Waals surface area contributed by atoms with E-state index in [1.165, 1.54) is 0 Å². The lowest BCUT2D eigenvalue weighted by Crippen LogP contribution is -2.40. The third-order valence-corrected chi connectivity index (χ3v) is 4.62. The van der Waals surface area contributed by atoms with Gasteiger partial charge in [-0.3, -0.25) is 9.59 Å². The fraction of sp³-hybridized carbons (Fsp3) is 0.263. The molecular weight excluding hydrogens is 447 g/mol. The summed E-state index contributed by atoms with van der Waals surface area (Å²) in [6.07, 6.45) is 0. The van der Waals surface area contributed by atoms with Gasteiger partial charge < -0.3 is 19.7 Å². The lowest BCUT2D eigenvalue weighted by atomic mass is 10.2. The maximum atomic E-state index is 12.4. The molecular formula is C19H19IN2O4. The van der Waals surface area contributed by atoms with Crippen LogP contribution in [0.15, 0.2) is 48.5 Å². The third kappa shape index (κ3) is 5.18. The minimum Gasteiger partial charge on any atom is -0.484 e. The summed E-state index contributed by atoms with van der Waals surface area (Å²) in [4.78, 5) is 26.1. The van der Waals surface area contributed by atoms with Gasteiger partial charge in [0.05, 0.1) is 13.2 Å². The number of carbonyl (C=O) groups is 2. The number of nitrogens with one attached hydrogen (secondary N) is 1. The first-order valence-corrected chi connectivity index (χ1v) is 9.35. The van der Waals surface area contributed by atoms with Crippen molar-refractivity contribution in [3.63, 3.8) is 0 Å². The normalized spacial score (nSPS) is 14.0. The summed E-state index contributed by atoms with van der Waals surface area (Å²) in [7, 11) is 0. The molecule has 0 bridgehead atoms. The zero-order chi connectivity index (χ0) is 18.4. The zero-order valence-corrected chi connectivity index (χ0v) is 16.3. The van der Waals surface area contributed by atoms with Gasteiger partial charge in [-0.25, -0.2) is 0 Å². The lowest BCUT2D eigenvalue weighted by molar-refractivity contribution is -0.118. The van der Waals surface area contributed by atoms with Gasteiger partial charge in [-0.1, -0.05) is 0 Å². The van der Waals surface area contributed by atoms with Gasteiger partial charge in [-0.05, 0) is 71.1 Å². The Balaban J connectivity index is 1.50. The Kier molecular flexibility index (Phi) is 6.45. The van der Waals surface area contributed by atoms with Crippen LogP contribution < -0.4 is 10.1 Å². The number of benzene rings is 2. The number of hydrogen-bond donors (Lipinski definition) is 1. The van der Waals surface area contributed by atoms with Gasteiger partial charge in [0.25, 0.3) is 11.8 Å². The molecule has 0 saturated carbocycles. The number of ether oxygens (including phenoxy) is 2.